The van der Waals surface area contributed by atoms with Gasteiger partial charge in [-0.3, -0.25) is 4.57 Å². The van der Waals surface area contributed by atoms with Crippen molar-refractivity contribution in [2.24, 2.45) is 0 Å². The SMILES string of the molecule is O=c1ncc(F)cn1[C@@H]1O[C@H](CO)C[C@H]1F. The molecule has 7 heteroatoms. The van der Waals surface area contributed by atoms with Crippen LogP contribution in [0.5, 0.6) is 0 Å². The molecule has 0 aromatic carbocycles. The summed E-state index contributed by atoms with van der Waals surface area (Å²) in [4.78, 5) is 14.5. The summed E-state index contributed by atoms with van der Waals surface area (Å²) >= 11 is 0. The Morgan fingerprint density at radius 1 is 1.69 bits per heavy atom. The van der Waals surface area contributed by atoms with E-state index in [1.807, 2.05) is 0 Å². The summed E-state index contributed by atoms with van der Waals surface area (Å²) in [5.74, 6) is -0.747. The van der Waals surface area contributed by atoms with Crippen molar-refractivity contribution in [3.63, 3.8) is 0 Å². The Labute approximate surface area is 89.3 Å². The van der Waals surface area contributed by atoms with Crippen LogP contribution in [-0.4, -0.2) is 33.5 Å². The van der Waals surface area contributed by atoms with Gasteiger partial charge in [0, 0.05) is 12.6 Å². The summed E-state index contributed by atoms with van der Waals surface area (Å²) in [5.41, 5.74) is -0.785. The molecule has 1 saturated heterocycles. The van der Waals surface area contributed by atoms with Crippen molar-refractivity contribution in [1.29, 1.82) is 0 Å². The highest BCUT2D eigenvalue weighted by Gasteiger charge is 2.37. The smallest absolute Gasteiger partial charge is 0.349 e. The van der Waals surface area contributed by atoms with Crippen LogP contribution in [0.2, 0.25) is 0 Å². The number of ether oxygens (including phenoxy) is 1. The van der Waals surface area contributed by atoms with Crippen LogP contribution in [-0.2, 0) is 4.74 Å². The van der Waals surface area contributed by atoms with Crippen LogP contribution < -0.4 is 5.69 Å². The van der Waals surface area contributed by atoms with Gasteiger partial charge in [0.25, 0.3) is 0 Å². The van der Waals surface area contributed by atoms with E-state index >= 15 is 0 Å². The van der Waals surface area contributed by atoms with Crippen LogP contribution in [0.25, 0.3) is 0 Å². The van der Waals surface area contributed by atoms with Gasteiger partial charge in [0.15, 0.2) is 12.0 Å². The lowest BCUT2D eigenvalue weighted by molar-refractivity contribution is -0.0398. The molecule has 0 amide bonds. The number of aromatic nitrogens is 2. The molecule has 0 aliphatic carbocycles. The minimum atomic E-state index is -1.46. The van der Waals surface area contributed by atoms with Gasteiger partial charge in [0.2, 0.25) is 0 Å². The zero-order valence-corrected chi connectivity index (χ0v) is 8.22. The molecule has 0 radical (unpaired) electrons. The quantitative estimate of drug-likeness (QED) is 0.779. The van der Waals surface area contributed by atoms with Crippen molar-refractivity contribution >= 4 is 0 Å². The highest BCUT2D eigenvalue weighted by Crippen LogP contribution is 2.29. The van der Waals surface area contributed by atoms with Gasteiger partial charge in [0.1, 0.15) is 6.17 Å². The number of nitrogens with zero attached hydrogens (tertiary/aromatic N) is 2. The van der Waals surface area contributed by atoms with E-state index in [4.69, 9.17) is 9.84 Å². The van der Waals surface area contributed by atoms with E-state index in [0.29, 0.717) is 0 Å². The topological polar surface area (TPSA) is 64.4 Å². The maximum atomic E-state index is 13.5. The van der Waals surface area contributed by atoms with Crippen molar-refractivity contribution in [3.8, 4) is 0 Å². The lowest BCUT2D eigenvalue weighted by Crippen LogP contribution is -2.30. The Bertz CT molecular complexity index is 437. The Morgan fingerprint density at radius 3 is 3.06 bits per heavy atom. The molecule has 5 nitrogen and oxygen atoms in total. The molecule has 1 aromatic heterocycles. The zero-order chi connectivity index (χ0) is 11.7. The maximum Gasteiger partial charge on any atom is 0.349 e. The maximum absolute atomic E-state index is 13.5. The molecule has 2 heterocycles. The number of rotatable bonds is 2. The van der Waals surface area contributed by atoms with E-state index in [1.54, 1.807) is 0 Å². The van der Waals surface area contributed by atoms with Crippen LogP contribution in [0, 0.1) is 5.82 Å². The Hall–Kier alpha value is -1.34. The molecule has 88 valence electrons. The van der Waals surface area contributed by atoms with Crippen molar-refractivity contribution in [2.45, 2.75) is 24.9 Å². The van der Waals surface area contributed by atoms with Gasteiger partial charge in [-0.05, 0) is 0 Å². The van der Waals surface area contributed by atoms with Crippen LogP contribution in [0.15, 0.2) is 17.2 Å². The normalized spacial score (nSPS) is 29.6. The molecule has 1 N–H and O–H groups in total. The Morgan fingerprint density at radius 2 is 2.44 bits per heavy atom. The molecule has 1 aromatic rings. The van der Waals surface area contributed by atoms with E-state index in [9.17, 15) is 13.6 Å². The molecule has 1 fully saturated rings. The second kappa shape index (κ2) is 4.26. The standard InChI is InChI=1S/C9H10F2N2O3/c10-5-2-12-9(15)13(3-5)8-7(11)1-6(4-14)16-8/h2-3,6-8,14H,1,4H2/t6-,7+,8+/m0/s1. The van der Waals surface area contributed by atoms with E-state index in [0.717, 1.165) is 17.0 Å². The summed E-state index contributed by atoms with van der Waals surface area (Å²) in [7, 11) is 0. The van der Waals surface area contributed by atoms with Gasteiger partial charge in [-0.1, -0.05) is 0 Å². The molecule has 0 unspecified atom stereocenters. The van der Waals surface area contributed by atoms with Crippen molar-refractivity contribution < 1.29 is 18.6 Å². The van der Waals surface area contributed by atoms with Gasteiger partial charge in [-0.25, -0.2) is 13.6 Å². The molecule has 1 aliphatic rings. The van der Waals surface area contributed by atoms with Gasteiger partial charge in [0.05, 0.1) is 18.9 Å². The number of aliphatic hydroxyl groups is 1. The molecule has 3 atom stereocenters. The van der Waals surface area contributed by atoms with E-state index < -0.39 is 30.0 Å². The Kier molecular flexibility index (Phi) is 2.97. The predicted molar refractivity (Wildman–Crippen MR) is 49.0 cm³/mol. The number of aliphatic hydroxyl groups excluding tert-OH is 1. The largest absolute Gasteiger partial charge is 0.394 e. The molecule has 0 spiro atoms. The van der Waals surface area contributed by atoms with Gasteiger partial charge in [-0.2, -0.15) is 4.98 Å². The predicted octanol–water partition coefficient (Wildman–Crippen LogP) is 0.000300. The first kappa shape index (κ1) is 11.2. The number of halogens is 2. The molecule has 0 bridgehead atoms. The van der Waals surface area contributed by atoms with Crippen LogP contribution in [0.4, 0.5) is 8.78 Å². The van der Waals surface area contributed by atoms with Crippen LogP contribution in [0.3, 0.4) is 0 Å². The first-order chi connectivity index (χ1) is 7.61. The second-order valence-electron chi connectivity index (χ2n) is 3.54. The summed E-state index contributed by atoms with van der Waals surface area (Å²) in [6.45, 7) is -0.339. The summed E-state index contributed by atoms with van der Waals surface area (Å²) in [6, 6.07) is 0. The summed E-state index contributed by atoms with van der Waals surface area (Å²) in [6.07, 6.45) is -1.78. The molecular weight excluding hydrogens is 222 g/mol. The lowest BCUT2D eigenvalue weighted by atomic mass is 10.2. The van der Waals surface area contributed by atoms with Gasteiger partial charge >= 0.3 is 5.69 Å². The average molecular weight is 232 g/mol. The van der Waals surface area contributed by atoms with Gasteiger partial charge in [-0.15, -0.1) is 0 Å². The van der Waals surface area contributed by atoms with Crippen LogP contribution >= 0.6 is 0 Å². The monoisotopic (exact) mass is 232 g/mol. The Balaban J connectivity index is 2.31. The molecule has 1 aliphatic heterocycles. The van der Waals surface area contributed by atoms with Crippen LogP contribution in [0.1, 0.15) is 12.6 Å². The lowest BCUT2D eigenvalue weighted by Gasteiger charge is -2.15. The third-order valence-electron chi connectivity index (χ3n) is 2.39. The van der Waals surface area contributed by atoms with E-state index in [-0.39, 0.29) is 13.0 Å². The number of hydrogen-bond donors (Lipinski definition) is 1. The fraction of sp³-hybridized carbons (Fsp3) is 0.556. The summed E-state index contributed by atoms with van der Waals surface area (Å²) < 4.78 is 32.2. The minimum absolute atomic E-state index is 0.0237. The number of hydrogen-bond acceptors (Lipinski definition) is 4. The highest BCUT2D eigenvalue weighted by atomic mass is 19.1. The molecule has 16 heavy (non-hydrogen) atoms. The number of alkyl halides is 1. The molecule has 0 saturated carbocycles. The third-order valence-corrected chi connectivity index (χ3v) is 2.39. The molecular formula is C9H10F2N2O3. The van der Waals surface area contributed by atoms with Crippen molar-refractivity contribution in [3.05, 3.63) is 28.7 Å². The fourth-order valence-electron chi connectivity index (χ4n) is 1.65. The minimum Gasteiger partial charge on any atom is -0.394 e. The molecule has 2 rings (SSSR count). The highest BCUT2D eigenvalue weighted by molar-refractivity contribution is 4.90. The summed E-state index contributed by atoms with van der Waals surface area (Å²) in [5, 5.41) is 8.80. The van der Waals surface area contributed by atoms with Crippen molar-refractivity contribution in [2.75, 3.05) is 6.61 Å². The third kappa shape index (κ3) is 1.96. The average Bonchev–Trinajstić information content (AvgIpc) is 2.63. The second-order valence-corrected chi connectivity index (χ2v) is 3.54. The first-order valence-corrected chi connectivity index (χ1v) is 4.76. The van der Waals surface area contributed by atoms with E-state index in [2.05, 4.69) is 4.98 Å². The first-order valence-electron chi connectivity index (χ1n) is 4.76. The van der Waals surface area contributed by atoms with E-state index in [1.165, 1.54) is 0 Å². The van der Waals surface area contributed by atoms with Crippen molar-refractivity contribution in [1.82, 2.24) is 9.55 Å². The fourth-order valence-corrected chi connectivity index (χ4v) is 1.65. The van der Waals surface area contributed by atoms with Gasteiger partial charge < -0.3 is 9.84 Å². The zero-order valence-electron chi connectivity index (χ0n) is 8.22.